The Hall–Kier alpha value is -1.62. The van der Waals surface area contributed by atoms with E-state index < -0.39 is 0 Å². The number of hydrogen-bond acceptors (Lipinski definition) is 4. The second kappa shape index (κ2) is 5.17. The Labute approximate surface area is 113 Å². The lowest BCUT2D eigenvalue weighted by Crippen LogP contribution is -2.36. The monoisotopic (exact) mass is 261 g/mol. The van der Waals surface area contributed by atoms with Gasteiger partial charge >= 0.3 is 0 Å². The lowest BCUT2D eigenvalue weighted by molar-refractivity contribution is -0.117. The molecule has 0 radical (unpaired) electrons. The molecular formula is C14H19N3O2. The van der Waals surface area contributed by atoms with Crippen molar-refractivity contribution in [2.75, 3.05) is 36.5 Å². The Kier molecular flexibility index (Phi) is 3.38. The van der Waals surface area contributed by atoms with E-state index in [1.54, 1.807) is 6.20 Å². The molecule has 19 heavy (non-hydrogen) atoms. The van der Waals surface area contributed by atoms with E-state index in [-0.39, 0.29) is 11.8 Å². The highest BCUT2D eigenvalue weighted by Crippen LogP contribution is 2.38. The van der Waals surface area contributed by atoms with Gasteiger partial charge in [0.25, 0.3) is 0 Å². The molecule has 0 aromatic carbocycles. The minimum atomic E-state index is 0.119. The van der Waals surface area contributed by atoms with Crippen LogP contribution in [-0.2, 0) is 9.53 Å². The SMILES string of the molecule is C[C@H]1C[C@@H]1C(=O)Nc1ccc(N2CCOCC2)nc1. The van der Waals surface area contributed by atoms with E-state index in [4.69, 9.17) is 4.74 Å². The van der Waals surface area contributed by atoms with Crippen LogP contribution in [0.2, 0.25) is 0 Å². The van der Waals surface area contributed by atoms with Gasteiger partial charge in [-0.05, 0) is 24.5 Å². The van der Waals surface area contributed by atoms with Crippen molar-refractivity contribution in [3.63, 3.8) is 0 Å². The van der Waals surface area contributed by atoms with Crippen molar-refractivity contribution in [3.05, 3.63) is 18.3 Å². The highest BCUT2D eigenvalue weighted by molar-refractivity contribution is 5.94. The molecule has 2 heterocycles. The van der Waals surface area contributed by atoms with Crippen molar-refractivity contribution in [1.29, 1.82) is 0 Å². The fourth-order valence-electron chi connectivity index (χ4n) is 2.36. The van der Waals surface area contributed by atoms with E-state index in [2.05, 4.69) is 22.1 Å². The number of nitrogens with one attached hydrogen (secondary N) is 1. The molecule has 2 fully saturated rings. The number of hydrogen-bond donors (Lipinski definition) is 1. The lowest BCUT2D eigenvalue weighted by atomic mass is 10.3. The maximum atomic E-state index is 11.8. The first-order valence-electron chi connectivity index (χ1n) is 6.83. The Morgan fingerprint density at radius 2 is 2.16 bits per heavy atom. The third-order valence-corrected chi connectivity index (χ3v) is 3.80. The fraction of sp³-hybridized carbons (Fsp3) is 0.571. The second-order valence-corrected chi connectivity index (χ2v) is 5.31. The number of amides is 1. The van der Waals surface area contributed by atoms with Gasteiger partial charge in [-0.25, -0.2) is 4.98 Å². The van der Waals surface area contributed by atoms with Gasteiger partial charge in [-0.15, -0.1) is 0 Å². The van der Waals surface area contributed by atoms with Crippen molar-refractivity contribution < 1.29 is 9.53 Å². The van der Waals surface area contributed by atoms with Crippen molar-refractivity contribution in [3.8, 4) is 0 Å². The maximum absolute atomic E-state index is 11.8. The first kappa shape index (κ1) is 12.4. The number of carbonyl (C=O) groups is 1. The van der Waals surface area contributed by atoms with Crippen LogP contribution in [0.1, 0.15) is 13.3 Å². The summed E-state index contributed by atoms with van der Waals surface area (Å²) in [6, 6.07) is 3.88. The van der Waals surface area contributed by atoms with Crippen LogP contribution in [0.4, 0.5) is 11.5 Å². The molecule has 0 spiro atoms. The van der Waals surface area contributed by atoms with Crippen LogP contribution in [-0.4, -0.2) is 37.2 Å². The minimum absolute atomic E-state index is 0.119. The third kappa shape index (κ3) is 2.87. The van der Waals surface area contributed by atoms with Crippen molar-refractivity contribution in [2.45, 2.75) is 13.3 Å². The zero-order valence-electron chi connectivity index (χ0n) is 11.1. The highest BCUT2D eigenvalue weighted by Gasteiger charge is 2.39. The van der Waals surface area contributed by atoms with Crippen LogP contribution >= 0.6 is 0 Å². The van der Waals surface area contributed by atoms with Crippen molar-refractivity contribution in [2.24, 2.45) is 11.8 Å². The van der Waals surface area contributed by atoms with Gasteiger partial charge in [0.05, 0.1) is 25.1 Å². The van der Waals surface area contributed by atoms with Gasteiger partial charge in [0.15, 0.2) is 0 Å². The van der Waals surface area contributed by atoms with Crippen LogP contribution in [0.15, 0.2) is 18.3 Å². The molecule has 1 aromatic heterocycles. The molecule has 3 rings (SSSR count). The van der Waals surface area contributed by atoms with Gasteiger partial charge in [-0.2, -0.15) is 0 Å². The summed E-state index contributed by atoms with van der Waals surface area (Å²) in [5, 5.41) is 2.92. The average molecular weight is 261 g/mol. The quantitative estimate of drug-likeness (QED) is 0.896. The third-order valence-electron chi connectivity index (χ3n) is 3.80. The normalized spacial score (nSPS) is 26.1. The molecule has 2 atom stereocenters. The molecule has 102 valence electrons. The van der Waals surface area contributed by atoms with Crippen molar-refractivity contribution in [1.82, 2.24) is 4.98 Å². The molecular weight excluding hydrogens is 242 g/mol. The topological polar surface area (TPSA) is 54.5 Å². The number of aromatic nitrogens is 1. The number of nitrogens with zero attached hydrogens (tertiary/aromatic N) is 2. The molecule has 2 aliphatic rings. The highest BCUT2D eigenvalue weighted by atomic mass is 16.5. The summed E-state index contributed by atoms with van der Waals surface area (Å²) in [5.74, 6) is 1.79. The van der Waals surface area contributed by atoms with Gasteiger partial charge < -0.3 is 15.0 Å². The first-order valence-corrected chi connectivity index (χ1v) is 6.83. The average Bonchev–Trinajstić information content (AvgIpc) is 3.18. The summed E-state index contributed by atoms with van der Waals surface area (Å²) in [6.45, 7) is 5.35. The summed E-state index contributed by atoms with van der Waals surface area (Å²) in [7, 11) is 0. The van der Waals surface area contributed by atoms with Gasteiger partial charge in [0, 0.05) is 19.0 Å². The maximum Gasteiger partial charge on any atom is 0.227 e. The minimum Gasteiger partial charge on any atom is -0.378 e. The van der Waals surface area contributed by atoms with E-state index in [1.807, 2.05) is 12.1 Å². The number of carbonyl (C=O) groups excluding carboxylic acids is 1. The van der Waals surface area contributed by atoms with E-state index in [1.165, 1.54) is 0 Å². The number of anilines is 2. The van der Waals surface area contributed by atoms with Gasteiger partial charge in [-0.3, -0.25) is 4.79 Å². The standard InChI is InChI=1S/C14H19N3O2/c1-10-8-12(10)14(18)16-11-2-3-13(15-9-11)17-4-6-19-7-5-17/h2-3,9-10,12H,4-8H2,1H3,(H,16,18)/t10-,12-/m0/s1. The van der Waals surface area contributed by atoms with Crippen LogP contribution in [0.5, 0.6) is 0 Å². The fourth-order valence-corrected chi connectivity index (χ4v) is 2.36. The molecule has 0 bridgehead atoms. The zero-order valence-corrected chi connectivity index (χ0v) is 11.1. The zero-order chi connectivity index (χ0) is 13.2. The largest absolute Gasteiger partial charge is 0.378 e. The summed E-state index contributed by atoms with van der Waals surface area (Å²) in [4.78, 5) is 18.4. The Morgan fingerprint density at radius 3 is 2.74 bits per heavy atom. The molecule has 0 unspecified atom stereocenters. The molecule has 1 amide bonds. The van der Waals surface area contributed by atoms with Crippen LogP contribution in [0, 0.1) is 11.8 Å². The van der Waals surface area contributed by atoms with E-state index in [0.29, 0.717) is 5.92 Å². The predicted octanol–water partition coefficient (Wildman–Crippen LogP) is 1.51. The molecule has 1 aliphatic heterocycles. The van der Waals surface area contributed by atoms with E-state index >= 15 is 0 Å². The number of morpholine rings is 1. The smallest absolute Gasteiger partial charge is 0.227 e. The van der Waals surface area contributed by atoms with Crippen molar-refractivity contribution >= 4 is 17.4 Å². The number of rotatable bonds is 3. The van der Waals surface area contributed by atoms with Crippen LogP contribution in [0.3, 0.4) is 0 Å². The number of pyridine rings is 1. The van der Waals surface area contributed by atoms with Crippen LogP contribution in [0.25, 0.3) is 0 Å². The molecule has 1 aromatic rings. The number of ether oxygens (including phenoxy) is 1. The summed E-state index contributed by atoms with van der Waals surface area (Å²) in [5.41, 5.74) is 0.779. The molecule has 1 N–H and O–H groups in total. The summed E-state index contributed by atoms with van der Waals surface area (Å²) >= 11 is 0. The Bertz CT molecular complexity index is 454. The Morgan fingerprint density at radius 1 is 1.42 bits per heavy atom. The van der Waals surface area contributed by atoms with Gasteiger partial charge in [-0.1, -0.05) is 6.92 Å². The van der Waals surface area contributed by atoms with E-state index in [9.17, 15) is 4.79 Å². The molecule has 1 saturated heterocycles. The van der Waals surface area contributed by atoms with Crippen LogP contribution < -0.4 is 10.2 Å². The Balaban J connectivity index is 1.60. The summed E-state index contributed by atoms with van der Waals surface area (Å²) < 4.78 is 5.31. The molecule has 1 saturated carbocycles. The first-order chi connectivity index (χ1) is 9.24. The van der Waals surface area contributed by atoms with Gasteiger partial charge in [0.1, 0.15) is 5.82 Å². The summed E-state index contributed by atoms with van der Waals surface area (Å²) in [6.07, 6.45) is 2.74. The molecule has 1 aliphatic carbocycles. The lowest BCUT2D eigenvalue weighted by Gasteiger charge is -2.27. The van der Waals surface area contributed by atoms with E-state index in [0.717, 1.165) is 44.2 Å². The van der Waals surface area contributed by atoms with Gasteiger partial charge in [0.2, 0.25) is 5.91 Å². The predicted molar refractivity (Wildman–Crippen MR) is 73.2 cm³/mol. The molecule has 5 heteroatoms. The molecule has 5 nitrogen and oxygen atoms in total. The second-order valence-electron chi connectivity index (χ2n) is 5.31.